The van der Waals surface area contributed by atoms with Crippen molar-refractivity contribution in [3.63, 3.8) is 0 Å². The Labute approximate surface area is 123 Å². The Bertz CT molecular complexity index is 630. The molecule has 0 fully saturated rings. The van der Waals surface area contributed by atoms with Gasteiger partial charge in [0, 0.05) is 20.3 Å². The molecule has 4 heteroatoms. The van der Waals surface area contributed by atoms with Crippen LogP contribution in [0.15, 0.2) is 45.3 Å². The van der Waals surface area contributed by atoms with Crippen molar-refractivity contribution in [3.8, 4) is 6.07 Å². The van der Waals surface area contributed by atoms with Crippen LogP contribution in [0.1, 0.15) is 11.1 Å². The number of rotatable bonds is 2. The van der Waals surface area contributed by atoms with E-state index in [-0.39, 0.29) is 0 Å². The first kappa shape index (κ1) is 13.1. The molecule has 0 saturated heterocycles. The average molecular weight is 366 g/mol. The van der Waals surface area contributed by atoms with Crippen LogP contribution >= 0.6 is 31.9 Å². The number of nitrogens with one attached hydrogen (secondary N) is 1. The summed E-state index contributed by atoms with van der Waals surface area (Å²) in [7, 11) is 0. The third-order valence-corrected chi connectivity index (χ3v) is 3.82. The molecule has 0 aliphatic rings. The summed E-state index contributed by atoms with van der Waals surface area (Å²) in [5, 5.41) is 12.2. The van der Waals surface area contributed by atoms with Gasteiger partial charge in [-0.2, -0.15) is 5.26 Å². The standard InChI is InChI=1S/C14H10Br2N2/c1-9-4-12(2-3-14(9)16)18-13-6-10(8-17)5-11(15)7-13/h2-7,18H,1H3. The van der Waals surface area contributed by atoms with E-state index in [0.29, 0.717) is 5.56 Å². The van der Waals surface area contributed by atoms with E-state index in [1.165, 1.54) is 0 Å². The predicted octanol–water partition coefficient (Wildman–Crippen LogP) is 5.14. The van der Waals surface area contributed by atoms with Crippen molar-refractivity contribution in [2.24, 2.45) is 0 Å². The number of nitriles is 1. The van der Waals surface area contributed by atoms with Gasteiger partial charge in [-0.05, 0) is 48.9 Å². The second-order valence-electron chi connectivity index (χ2n) is 3.93. The molecule has 0 aliphatic carbocycles. The van der Waals surface area contributed by atoms with Crippen molar-refractivity contribution in [2.75, 3.05) is 5.32 Å². The molecule has 0 bridgehead atoms. The molecule has 1 N–H and O–H groups in total. The van der Waals surface area contributed by atoms with Gasteiger partial charge in [0.15, 0.2) is 0 Å². The molecule has 0 saturated carbocycles. The minimum absolute atomic E-state index is 0.626. The van der Waals surface area contributed by atoms with E-state index < -0.39 is 0 Å². The Morgan fingerprint density at radius 2 is 1.83 bits per heavy atom. The molecule has 2 aromatic carbocycles. The van der Waals surface area contributed by atoms with Gasteiger partial charge in [0.05, 0.1) is 11.6 Å². The Morgan fingerprint density at radius 1 is 1.06 bits per heavy atom. The fourth-order valence-electron chi connectivity index (χ4n) is 1.62. The molecular weight excluding hydrogens is 356 g/mol. The number of nitrogens with zero attached hydrogens (tertiary/aromatic N) is 1. The Morgan fingerprint density at radius 3 is 2.50 bits per heavy atom. The lowest BCUT2D eigenvalue weighted by atomic mass is 10.2. The van der Waals surface area contributed by atoms with Crippen molar-refractivity contribution < 1.29 is 0 Å². The molecule has 0 spiro atoms. The maximum absolute atomic E-state index is 8.93. The zero-order valence-electron chi connectivity index (χ0n) is 9.67. The van der Waals surface area contributed by atoms with E-state index in [4.69, 9.17) is 5.26 Å². The van der Waals surface area contributed by atoms with Gasteiger partial charge >= 0.3 is 0 Å². The molecule has 2 rings (SSSR count). The Kier molecular flexibility index (Phi) is 4.05. The van der Waals surface area contributed by atoms with Crippen molar-refractivity contribution in [3.05, 3.63) is 56.5 Å². The van der Waals surface area contributed by atoms with Crippen LogP contribution < -0.4 is 5.32 Å². The number of hydrogen-bond donors (Lipinski definition) is 1. The summed E-state index contributed by atoms with van der Waals surface area (Å²) in [6.07, 6.45) is 0. The van der Waals surface area contributed by atoms with Crippen LogP contribution in [0.25, 0.3) is 0 Å². The molecule has 0 radical (unpaired) electrons. The van der Waals surface area contributed by atoms with E-state index in [9.17, 15) is 0 Å². The third-order valence-electron chi connectivity index (χ3n) is 2.47. The molecular formula is C14H10Br2N2. The molecule has 18 heavy (non-hydrogen) atoms. The summed E-state index contributed by atoms with van der Waals surface area (Å²) >= 11 is 6.87. The lowest BCUT2D eigenvalue weighted by Gasteiger charge is -2.09. The topological polar surface area (TPSA) is 35.8 Å². The average Bonchev–Trinajstić information content (AvgIpc) is 2.33. The number of aryl methyl sites for hydroxylation is 1. The quantitative estimate of drug-likeness (QED) is 0.800. The van der Waals surface area contributed by atoms with Crippen LogP contribution in [0.5, 0.6) is 0 Å². The summed E-state index contributed by atoms with van der Waals surface area (Å²) < 4.78 is 1.97. The SMILES string of the molecule is Cc1cc(Nc2cc(Br)cc(C#N)c2)ccc1Br. The second kappa shape index (κ2) is 5.55. The fourth-order valence-corrected chi connectivity index (χ4v) is 2.36. The molecule has 0 unspecified atom stereocenters. The predicted molar refractivity (Wildman–Crippen MR) is 81.0 cm³/mol. The maximum atomic E-state index is 8.93. The monoisotopic (exact) mass is 364 g/mol. The Balaban J connectivity index is 2.31. The second-order valence-corrected chi connectivity index (χ2v) is 5.70. The van der Waals surface area contributed by atoms with E-state index >= 15 is 0 Å². The summed E-state index contributed by atoms with van der Waals surface area (Å²) in [5.41, 5.74) is 3.68. The zero-order chi connectivity index (χ0) is 13.1. The minimum atomic E-state index is 0.626. The van der Waals surface area contributed by atoms with Crippen LogP contribution in [0, 0.1) is 18.3 Å². The molecule has 0 aliphatic heterocycles. The first-order valence-corrected chi connectivity index (χ1v) is 6.91. The van der Waals surface area contributed by atoms with Crippen molar-refractivity contribution in [2.45, 2.75) is 6.92 Å². The van der Waals surface area contributed by atoms with Crippen molar-refractivity contribution >= 4 is 43.2 Å². The highest BCUT2D eigenvalue weighted by atomic mass is 79.9. The smallest absolute Gasteiger partial charge is 0.0992 e. The van der Waals surface area contributed by atoms with Crippen LogP contribution in [0.2, 0.25) is 0 Å². The van der Waals surface area contributed by atoms with Crippen LogP contribution in [-0.2, 0) is 0 Å². The Hall–Kier alpha value is -1.31. The van der Waals surface area contributed by atoms with Gasteiger partial charge in [-0.25, -0.2) is 0 Å². The van der Waals surface area contributed by atoms with Gasteiger partial charge in [0.2, 0.25) is 0 Å². The van der Waals surface area contributed by atoms with E-state index in [1.54, 1.807) is 6.07 Å². The first-order valence-electron chi connectivity index (χ1n) is 5.32. The zero-order valence-corrected chi connectivity index (χ0v) is 12.8. The molecule has 2 nitrogen and oxygen atoms in total. The molecule has 2 aromatic rings. The van der Waals surface area contributed by atoms with E-state index in [2.05, 4.69) is 49.3 Å². The first-order chi connectivity index (χ1) is 8.58. The highest BCUT2D eigenvalue weighted by Gasteiger charge is 2.01. The van der Waals surface area contributed by atoms with Gasteiger partial charge in [-0.15, -0.1) is 0 Å². The number of hydrogen-bond acceptors (Lipinski definition) is 2. The number of anilines is 2. The molecule has 0 aromatic heterocycles. The van der Waals surface area contributed by atoms with Crippen molar-refractivity contribution in [1.29, 1.82) is 5.26 Å². The van der Waals surface area contributed by atoms with Crippen LogP contribution in [-0.4, -0.2) is 0 Å². The molecule has 0 heterocycles. The van der Waals surface area contributed by atoms with Crippen LogP contribution in [0.4, 0.5) is 11.4 Å². The molecule has 0 amide bonds. The molecule has 90 valence electrons. The van der Waals surface area contributed by atoms with Gasteiger partial charge in [0.1, 0.15) is 0 Å². The van der Waals surface area contributed by atoms with Crippen molar-refractivity contribution in [1.82, 2.24) is 0 Å². The summed E-state index contributed by atoms with van der Waals surface area (Å²) in [4.78, 5) is 0. The van der Waals surface area contributed by atoms with Gasteiger partial charge in [-0.3, -0.25) is 0 Å². The maximum Gasteiger partial charge on any atom is 0.0992 e. The summed E-state index contributed by atoms with van der Waals surface area (Å²) in [6.45, 7) is 2.04. The van der Waals surface area contributed by atoms with Crippen LogP contribution in [0.3, 0.4) is 0 Å². The lowest BCUT2D eigenvalue weighted by Crippen LogP contribution is -1.92. The largest absolute Gasteiger partial charge is 0.355 e. The highest BCUT2D eigenvalue weighted by molar-refractivity contribution is 9.10. The normalized spacial score (nSPS) is 9.89. The minimum Gasteiger partial charge on any atom is -0.355 e. The molecule has 0 atom stereocenters. The van der Waals surface area contributed by atoms with E-state index in [1.807, 2.05) is 31.2 Å². The van der Waals surface area contributed by atoms with Gasteiger partial charge in [0.25, 0.3) is 0 Å². The summed E-state index contributed by atoms with van der Waals surface area (Å²) in [5.74, 6) is 0. The lowest BCUT2D eigenvalue weighted by molar-refractivity contribution is 1.41. The van der Waals surface area contributed by atoms with Gasteiger partial charge < -0.3 is 5.32 Å². The third kappa shape index (κ3) is 3.12. The van der Waals surface area contributed by atoms with E-state index in [0.717, 1.165) is 25.9 Å². The number of halogens is 2. The summed E-state index contributed by atoms with van der Waals surface area (Å²) in [6, 6.07) is 13.7. The van der Waals surface area contributed by atoms with Gasteiger partial charge in [-0.1, -0.05) is 31.9 Å². The number of benzene rings is 2. The highest BCUT2D eigenvalue weighted by Crippen LogP contribution is 2.25. The fraction of sp³-hybridized carbons (Fsp3) is 0.0714.